The Morgan fingerprint density at radius 2 is 2.13 bits per heavy atom. The molecule has 3 saturated heterocycles. The van der Waals surface area contributed by atoms with E-state index in [-0.39, 0.29) is 0 Å². The molecule has 6 rings (SSSR count). The minimum atomic E-state index is 0.495. The summed E-state index contributed by atoms with van der Waals surface area (Å²) in [6.07, 6.45) is 6.59. The van der Waals surface area contributed by atoms with Gasteiger partial charge in [-0.05, 0) is 37.0 Å². The molecule has 1 unspecified atom stereocenters. The Morgan fingerprint density at radius 3 is 2.96 bits per heavy atom. The van der Waals surface area contributed by atoms with E-state index in [1.807, 2.05) is 6.26 Å². The number of hydrogen-bond donors (Lipinski definition) is 1. The van der Waals surface area contributed by atoms with Gasteiger partial charge >= 0.3 is 0 Å². The van der Waals surface area contributed by atoms with Gasteiger partial charge in [0.05, 0.1) is 19.4 Å². The Hall–Kier alpha value is -2.00. The van der Waals surface area contributed by atoms with Crippen LogP contribution in [0, 0.1) is 5.92 Å². The molecule has 0 saturated carbocycles. The van der Waals surface area contributed by atoms with Gasteiger partial charge in [0, 0.05) is 35.1 Å². The van der Waals surface area contributed by atoms with Gasteiger partial charge in [-0.2, -0.15) is 0 Å². The molecule has 0 radical (unpaired) electrons. The van der Waals surface area contributed by atoms with E-state index >= 15 is 0 Å². The topological polar surface area (TPSA) is 28.3 Å². The molecule has 118 valence electrons. The fourth-order valence-electron chi connectivity index (χ4n) is 5.07. The molecule has 3 heteroatoms. The molecule has 4 atom stereocenters. The molecule has 4 aliphatic rings. The number of benzene rings is 1. The van der Waals surface area contributed by atoms with Gasteiger partial charge < -0.3 is 9.72 Å². The number of aromatic amines is 1. The van der Waals surface area contributed by atoms with Crippen molar-refractivity contribution < 1.29 is 4.74 Å². The van der Waals surface area contributed by atoms with E-state index in [9.17, 15) is 0 Å². The summed E-state index contributed by atoms with van der Waals surface area (Å²) in [6, 6.07) is 9.76. The second-order valence-corrected chi connectivity index (χ2v) is 6.98. The molecule has 3 fully saturated rings. The second-order valence-electron chi connectivity index (χ2n) is 6.98. The SMILES string of the molecule is C/C=C1/CN2[C@H]3Cc4c([nH]c5ccccc45)[C@@H]2C[C@@H]1/C3=C\OC. The molecule has 1 aromatic heterocycles. The predicted molar refractivity (Wildman–Crippen MR) is 92.2 cm³/mol. The molecule has 23 heavy (non-hydrogen) atoms. The van der Waals surface area contributed by atoms with Gasteiger partial charge in [0.15, 0.2) is 0 Å². The maximum absolute atomic E-state index is 5.45. The van der Waals surface area contributed by atoms with Crippen LogP contribution in [-0.2, 0) is 11.2 Å². The molecule has 1 aromatic carbocycles. The number of nitrogens with zero attached hydrogens (tertiary/aromatic N) is 1. The maximum Gasteiger partial charge on any atom is 0.0838 e. The van der Waals surface area contributed by atoms with Gasteiger partial charge in [0.1, 0.15) is 0 Å². The minimum absolute atomic E-state index is 0.495. The first-order valence-corrected chi connectivity index (χ1v) is 8.55. The van der Waals surface area contributed by atoms with Gasteiger partial charge in [-0.15, -0.1) is 0 Å². The van der Waals surface area contributed by atoms with Crippen molar-refractivity contribution in [2.75, 3.05) is 13.7 Å². The Labute approximate surface area is 136 Å². The van der Waals surface area contributed by atoms with E-state index < -0.39 is 0 Å². The number of H-pyrrole nitrogens is 1. The van der Waals surface area contributed by atoms with Crippen LogP contribution in [0.2, 0.25) is 0 Å². The second kappa shape index (κ2) is 4.75. The molecule has 4 aliphatic heterocycles. The lowest BCUT2D eigenvalue weighted by Gasteiger charge is -2.55. The zero-order chi connectivity index (χ0) is 15.6. The molecule has 5 heterocycles. The molecule has 0 amide bonds. The molecular weight excluding hydrogens is 284 g/mol. The quantitative estimate of drug-likeness (QED) is 0.638. The summed E-state index contributed by atoms with van der Waals surface area (Å²) in [5.74, 6) is 0.555. The smallest absolute Gasteiger partial charge is 0.0838 e. The molecule has 0 spiro atoms. The lowest BCUT2D eigenvalue weighted by molar-refractivity contribution is 0.0586. The summed E-state index contributed by atoms with van der Waals surface area (Å²) in [5.41, 5.74) is 7.29. The molecule has 2 aromatic rings. The summed E-state index contributed by atoms with van der Waals surface area (Å²) in [6.45, 7) is 3.28. The summed E-state index contributed by atoms with van der Waals surface area (Å²) >= 11 is 0. The highest BCUT2D eigenvalue weighted by molar-refractivity contribution is 5.85. The maximum atomic E-state index is 5.45. The predicted octanol–water partition coefficient (Wildman–Crippen LogP) is 3.95. The lowest BCUT2D eigenvalue weighted by atomic mass is 9.67. The van der Waals surface area contributed by atoms with Crippen molar-refractivity contribution >= 4 is 10.9 Å². The zero-order valence-electron chi connectivity index (χ0n) is 13.7. The van der Waals surface area contributed by atoms with Gasteiger partial charge in [-0.25, -0.2) is 0 Å². The molecule has 1 N–H and O–H groups in total. The third-order valence-electron chi connectivity index (χ3n) is 6.06. The van der Waals surface area contributed by atoms with Crippen LogP contribution in [-0.4, -0.2) is 29.6 Å². The molecule has 0 aliphatic carbocycles. The first-order valence-electron chi connectivity index (χ1n) is 8.55. The minimum Gasteiger partial charge on any atom is -0.504 e. The number of piperidine rings is 3. The zero-order valence-corrected chi connectivity index (χ0v) is 13.7. The van der Waals surface area contributed by atoms with Crippen molar-refractivity contribution in [2.45, 2.75) is 31.8 Å². The Morgan fingerprint density at radius 1 is 1.26 bits per heavy atom. The number of allylic oxidation sites excluding steroid dienone is 1. The highest BCUT2D eigenvalue weighted by atomic mass is 16.5. The monoisotopic (exact) mass is 306 g/mol. The largest absolute Gasteiger partial charge is 0.504 e. The van der Waals surface area contributed by atoms with Crippen LogP contribution in [0.15, 0.2) is 47.7 Å². The third kappa shape index (κ3) is 1.69. The molecule has 3 nitrogen and oxygen atoms in total. The van der Waals surface area contributed by atoms with Crippen LogP contribution >= 0.6 is 0 Å². The van der Waals surface area contributed by atoms with E-state index in [0.29, 0.717) is 18.0 Å². The van der Waals surface area contributed by atoms with E-state index in [1.165, 1.54) is 34.2 Å². The van der Waals surface area contributed by atoms with Crippen LogP contribution in [0.1, 0.15) is 30.6 Å². The van der Waals surface area contributed by atoms with Gasteiger partial charge in [-0.3, -0.25) is 4.90 Å². The van der Waals surface area contributed by atoms with E-state index in [4.69, 9.17) is 4.74 Å². The van der Waals surface area contributed by atoms with Crippen LogP contribution < -0.4 is 0 Å². The number of rotatable bonds is 1. The standard InChI is InChI=1S/C20H22N2O/c1-3-12-10-22-18-9-15-13-6-4-5-7-17(13)21-20(15)19(22)8-14(12)16(18)11-23-2/h3-7,11,14,18-19,21H,8-10H2,1-2H3/b12-3-,16-11+/t14-,18-,19-/m0/s1. The Kier molecular flexibility index (Phi) is 2.77. The number of ether oxygens (including phenoxy) is 1. The highest BCUT2D eigenvalue weighted by Gasteiger charge is 2.50. The number of nitrogens with one attached hydrogen (secondary N) is 1. The van der Waals surface area contributed by atoms with Crippen LogP contribution in [0.5, 0.6) is 0 Å². The van der Waals surface area contributed by atoms with Gasteiger partial charge in [0.2, 0.25) is 0 Å². The molecular formula is C20H22N2O. The Balaban J connectivity index is 1.70. The summed E-state index contributed by atoms with van der Waals surface area (Å²) in [5, 5.41) is 1.40. The third-order valence-corrected chi connectivity index (χ3v) is 6.06. The number of para-hydroxylation sites is 1. The lowest BCUT2D eigenvalue weighted by Crippen LogP contribution is -2.56. The van der Waals surface area contributed by atoms with Crippen molar-refractivity contribution in [3.63, 3.8) is 0 Å². The first-order chi connectivity index (χ1) is 11.3. The number of hydrogen-bond acceptors (Lipinski definition) is 2. The van der Waals surface area contributed by atoms with Crippen LogP contribution in [0.4, 0.5) is 0 Å². The number of aromatic nitrogens is 1. The van der Waals surface area contributed by atoms with Crippen molar-refractivity contribution in [2.24, 2.45) is 5.92 Å². The van der Waals surface area contributed by atoms with Gasteiger partial charge in [0.25, 0.3) is 0 Å². The van der Waals surface area contributed by atoms with Crippen molar-refractivity contribution in [1.82, 2.24) is 9.88 Å². The summed E-state index contributed by atoms with van der Waals surface area (Å²) < 4.78 is 5.45. The number of fused-ring (bicyclic) bond motifs is 4. The highest BCUT2D eigenvalue weighted by Crippen LogP contribution is 2.53. The fourth-order valence-corrected chi connectivity index (χ4v) is 5.07. The van der Waals surface area contributed by atoms with Crippen LogP contribution in [0.25, 0.3) is 10.9 Å². The van der Waals surface area contributed by atoms with Crippen molar-refractivity contribution in [3.8, 4) is 0 Å². The van der Waals surface area contributed by atoms with E-state index in [2.05, 4.69) is 47.1 Å². The van der Waals surface area contributed by atoms with E-state index in [1.54, 1.807) is 12.7 Å². The summed E-state index contributed by atoms with van der Waals surface area (Å²) in [7, 11) is 1.78. The average molecular weight is 306 g/mol. The van der Waals surface area contributed by atoms with Gasteiger partial charge in [-0.1, -0.05) is 29.8 Å². The fraction of sp³-hybridized carbons (Fsp3) is 0.400. The molecule has 4 bridgehead atoms. The summed E-state index contributed by atoms with van der Waals surface area (Å²) in [4.78, 5) is 6.40. The Bertz CT molecular complexity index is 844. The number of methoxy groups -OCH3 is 1. The van der Waals surface area contributed by atoms with Crippen molar-refractivity contribution in [3.05, 3.63) is 59.0 Å². The van der Waals surface area contributed by atoms with Crippen LogP contribution in [0.3, 0.4) is 0 Å². The normalized spacial score (nSPS) is 35.0. The first kappa shape index (κ1) is 13.4. The van der Waals surface area contributed by atoms with Crippen molar-refractivity contribution in [1.29, 1.82) is 0 Å². The van der Waals surface area contributed by atoms with E-state index in [0.717, 1.165) is 13.0 Å². The average Bonchev–Trinajstić information content (AvgIpc) is 2.96.